The van der Waals surface area contributed by atoms with Gasteiger partial charge in [-0.2, -0.15) is 0 Å². The second-order valence-electron chi connectivity index (χ2n) is 12.7. The van der Waals surface area contributed by atoms with Gasteiger partial charge in [0, 0.05) is 58.8 Å². The van der Waals surface area contributed by atoms with Gasteiger partial charge in [-0.15, -0.1) is 0 Å². The van der Waals surface area contributed by atoms with E-state index in [9.17, 15) is 9.59 Å². The molecule has 1 atom stereocenters. The standard InChI is InChI=1S/C30H44N6O3/c1-32-26(31)24-16-34(14-22-6-4-3-5-7-22)21-35(17-24)25-8-11-29(12-9-25)19-30(20-29)27(37)33(2)28(38)36(30)15-23-10-13-39-18-23/h3-7,23,25,32H,8-21,31H2,1-2H3/b26-24+/t23-,25?,29?,30?/m0/s1. The van der Waals surface area contributed by atoms with Crippen molar-refractivity contribution >= 4 is 11.9 Å². The molecule has 3 amide bonds. The molecule has 3 heterocycles. The number of hydrogen-bond donors (Lipinski definition) is 2. The molecule has 39 heavy (non-hydrogen) atoms. The van der Waals surface area contributed by atoms with Gasteiger partial charge in [0.1, 0.15) is 5.54 Å². The fourth-order valence-electron chi connectivity index (χ4n) is 8.04. The Hall–Kier alpha value is -2.62. The first-order valence-corrected chi connectivity index (χ1v) is 14.7. The third-order valence-electron chi connectivity index (χ3n) is 10.2. The average Bonchev–Trinajstić information content (AvgIpc) is 3.52. The Morgan fingerprint density at radius 2 is 1.85 bits per heavy atom. The van der Waals surface area contributed by atoms with Gasteiger partial charge in [0.05, 0.1) is 19.1 Å². The van der Waals surface area contributed by atoms with Gasteiger partial charge in [-0.25, -0.2) is 4.79 Å². The molecule has 5 fully saturated rings. The van der Waals surface area contributed by atoms with Crippen LogP contribution in [0.1, 0.15) is 50.5 Å². The molecule has 0 bridgehead atoms. The number of rotatable bonds is 6. The van der Waals surface area contributed by atoms with E-state index in [4.69, 9.17) is 10.5 Å². The molecule has 6 rings (SSSR count). The quantitative estimate of drug-likeness (QED) is 0.540. The zero-order valence-electron chi connectivity index (χ0n) is 23.5. The predicted octanol–water partition coefficient (Wildman–Crippen LogP) is 2.54. The van der Waals surface area contributed by atoms with Crippen molar-refractivity contribution in [1.82, 2.24) is 24.9 Å². The van der Waals surface area contributed by atoms with Crippen LogP contribution in [-0.4, -0.2) is 96.7 Å². The lowest BCUT2D eigenvalue weighted by Gasteiger charge is -2.59. The van der Waals surface area contributed by atoms with E-state index in [0.29, 0.717) is 25.1 Å². The molecule has 9 nitrogen and oxygen atoms in total. The number of ether oxygens (including phenoxy) is 1. The van der Waals surface area contributed by atoms with Crippen LogP contribution in [0.15, 0.2) is 41.7 Å². The number of nitrogens with zero attached hydrogens (tertiary/aromatic N) is 4. The minimum atomic E-state index is -0.629. The van der Waals surface area contributed by atoms with Crippen molar-refractivity contribution < 1.29 is 14.3 Å². The molecule has 3 N–H and O–H groups in total. The van der Waals surface area contributed by atoms with Gasteiger partial charge < -0.3 is 20.7 Å². The number of hydrogen-bond acceptors (Lipinski definition) is 7. The van der Waals surface area contributed by atoms with Gasteiger partial charge in [0.15, 0.2) is 0 Å². The maximum absolute atomic E-state index is 13.4. The maximum atomic E-state index is 13.4. The van der Waals surface area contributed by atoms with E-state index in [2.05, 4.69) is 45.4 Å². The third-order valence-corrected chi connectivity index (χ3v) is 10.2. The molecule has 0 aromatic heterocycles. The smallest absolute Gasteiger partial charge is 0.327 e. The molecule has 5 aliphatic rings. The van der Waals surface area contributed by atoms with E-state index in [-0.39, 0.29) is 17.4 Å². The molecular weight excluding hydrogens is 492 g/mol. The summed E-state index contributed by atoms with van der Waals surface area (Å²) in [5.74, 6) is 1.12. The SMILES string of the molecule is CN/C(N)=C1\CN(Cc2ccccc2)CN(C2CCC3(CC2)CC2(C3)C(=O)N(C)C(=O)N2C[C@@H]2CCOC2)C1. The zero-order valence-corrected chi connectivity index (χ0v) is 23.5. The Labute approximate surface area is 232 Å². The summed E-state index contributed by atoms with van der Waals surface area (Å²) in [6.45, 7) is 5.70. The summed E-state index contributed by atoms with van der Waals surface area (Å²) in [7, 11) is 3.55. The molecule has 2 spiro atoms. The molecular formula is C30H44N6O3. The summed E-state index contributed by atoms with van der Waals surface area (Å²) in [4.78, 5) is 34.8. The van der Waals surface area contributed by atoms with Crippen LogP contribution in [0.5, 0.6) is 0 Å². The van der Waals surface area contributed by atoms with Gasteiger partial charge in [-0.05, 0) is 61.5 Å². The highest BCUT2D eigenvalue weighted by atomic mass is 16.5. The predicted molar refractivity (Wildman–Crippen MR) is 149 cm³/mol. The van der Waals surface area contributed by atoms with Crippen molar-refractivity contribution in [3.8, 4) is 0 Å². The van der Waals surface area contributed by atoms with Gasteiger partial charge in [0.2, 0.25) is 0 Å². The van der Waals surface area contributed by atoms with Crippen LogP contribution < -0.4 is 11.1 Å². The highest BCUT2D eigenvalue weighted by molar-refractivity contribution is 6.07. The second-order valence-corrected chi connectivity index (χ2v) is 12.7. The van der Waals surface area contributed by atoms with Crippen molar-refractivity contribution in [2.45, 2.75) is 63.1 Å². The Balaban J connectivity index is 1.11. The fourth-order valence-corrected chi connectivity index (χ4v) is 8.04. The molecule has 0 radical (unpaired) electrons. The van der Waals surface area contributed by atoms with E-state index in [0.717, 1.165) is 83.7 Å². The lowest BCUT2D eigenvalue weighted by Crippen LogP contribution is -2.65. The summed E-state index contributed by atoms with van der Waals surface area (Å²) in [5.41, 5.74) is 8.50. The first-order valence-electron chi connectivity index (χ1n) is 14.7. The maximum Gasteiger partial charge on any atom is 0.327 e. The molecule has 3 aliphatic heterocycles. The fraction of sp³-hybridized carbons (Fsp3) is 0.667. The average molecular weight is 537 g/mol. The van der Waals surface area contributed by atoms with E-state index in [1.807, 2.05) is 11.9 Å². The lowest BCUT2D eigenvalue weighted by molar-refractivity contribution is -0.150. The number of benzene rings is 1. The van der Waals surface area contributed by atoms with Gasteiger partial charge in [-0.1, -0.05) is 30.3 Å². The van der Waals surface area contributed by atoms with Crippen molar-refractivity contribution in [3.05, 3.63) is 47.3 Å². The zero-order chi connectivity index (χ0) is 27.2. The van der Waals surface area contributed by atoms with Crippen LogP contribution >= 0.6 is 0 Å². The van der Waals surface area contributed by atoms with Gasteiger partial charge in [0.25, 0.3) is 5.91 Å². The summed E-state index contributed by atoms with van der Waals surface area (Å²) in [5, 5.41) is 3.17. The molecule has 2 saturated carbocycles. The topological polar surface area (TPSA) is 94.4 Å². The van der Waals surface area contributed by atoms with Crippen LogP contribution in [0.4, 0.5) is 4.79 Å². The lowest BCUT2D eigenvalue weighted by atomic mass is 9.51. The van der Waals surface area contributed by atoms with Crippen molar-refractivity contribution in [3.63, 3.8) is 0 Å². The summed E-state index contributed by atoms with van der Waals surface area (Å²) in [6.07, 6.45) is 7.06. The Morgan fingerprint density at radius 3 is 2.51 bits per heavy atom. The molecule has 9 heteroatoms. The third kappa shape index (κ3) is 4.83. The number of imide groups is 1. The molecule has 3 saturated heterocycles. The molecule has 0 unspecified atom stereocenters. The van der Waals surface area contributed by atoms with Crippen molar-refractivity contribution in [2.24, 2.45) is 17.1 Å². The minimum Gasteiger partial charge on any atom is -0.386 e. The van der Waals surface area contributed by atoms with Crippen molar-refractivity contribution in [1.29, 1.82) is 0 Å². The molecule has 2 aliphatic carbocycles. The first kappa shape index (κ1) is 26.6. The Morgan fingerprint density at radius 1 is 1.10 bits per heavy atom. The summed E-state index contributed by atoms with van der Waals surface area (Å²) in [6, 6.07) is 11.0. The number of nitrogens with two attached hydrogens (primary N) is 1. The molecule has 212 valence electrons. The van der Waals surface area contributed by atoms with Crippen LogP contribution in [0.3, 0.4) is 0 Å². The monoisotopic (exact) mass is 536 g/mol. The number of likely N-dealkylation sites (N-methyl/N-ethyl adjacent to an activating group) is 1. The first-order chi connectivity index (χ1) is 18.8. The summed E-state index contributed by atoms with van der Waals surface area (Å²) >= 11 is 0. The van der Waals surface area contributed by atoms with Crippen LogP contribution in [0, 0.1) is 11.3 Å². The number of nitrogens with one attached hydrogen (secondary N) is 1. The number of carbonyl (C=O) groups is 2. The summed E-state index contributed by atoms with van der Waals surface area (Å²) < 4.78 is 5.57. The number of carbonyl (C=O) groups excluding carboxylic acids is 2. The highest BCUT2D eigenvalue weighted by Gasteiger charge is 2.68. The van der Waals surface area contributed by atoms with Crippen molar-refractivity contribution in [2.75, 3.05) is 53.6 Å². The number of amides is 3. The minimum absolute atomic E-state index is 0.00377. The second kappa shape index (κ2) is 10.4. The highest BCUT2D eigenvalue weighted by Crippen LogP contribution is 2.61. The van der Waals surface area contributed by atoms with Crippen LogP contribution in [0.25, 0.3) is 0 Å². The van der Waals surface area contributed by atoms with Gasteiger partial charge >= 0.3 is 6.03 Å². The van der Waals surface area contributed by atoms with E-state index in [1.54, 1.807) is 7.05 Å². The largest absolute Gasteiger partial charge is 0.386 e. The molecule has 1 aromatic carbocycles. The van der Waals surface area contributed by atoms with E-state index < -0.39 is 5.54 Å². The van der Waals surface area contributed by atoms with E-state index in [1.165, 1.54) is 16.0 Å². The number of urea groups is 1. The molecule has 1 aromatic rings. The van der Waals surface area contributed by atoms with Crippen LogP contribution in [0.2, 0.25) is 0 Å². The van der Waals surface area contributed by atoms with Gasteiger partial charge in [-0.3, -0.25) is 19.5 Å². The Bertz CT molecular complexity index is 1100. The Kier molecular flexibility index (Phi) is 7.10. The van der Waals surface area contributed by atoms with E-state index >= 15 is 0 Å². The van der Waals surface area contributed by atoms with Crippen LogP contribution in [-0.2, 0) is 16.1 Å². The normalized spacial score (nSPS) is 35.2.